The molecule has 1 aliphatic rings. The van der Waals surface area contributed by atoms with E-state index in [4.69, 9.17) is 47.4 Å². The van der Waals surface area contributed by atoms with E-state index in [-0.39, 0.29) is 78.1 Å². The first-order valence-electron chi connectivity index (χ1n) is 22.1. The highest BCUT2D eigenvalue weighted by atomic mass is 16.6. The molecule has 0 aromatic heterocycles. The Morgan fingerprint density at radius 1 is 0.521 bits per heavy atom. The number of carbonyl (C=O) groups excluding carboxylic acids is 8. The quantitative estimate of drug-likeness (QED) is 0.0249. The van der Waals surface area contributed by atoms with Gasteiger partial charge in [-0.15, -0.1) is 0 Å². The van der Waals surface area contributed by atoms with Crippen molar-refractivity contribution in [2.45, 2.75) is 38.6 Å². The SMILES string of the molecule is C=CC(=O)OCCCCOc1ccc(C(=O)Oc2ccc(OC(=O)N3CCN(C(=O)Oc4ccc(OC(=O)c5ccc(OCCCCOC(=O)C=C)cc5)c(C(=O)OC)c4)C(C)C3)cc2C(=O)OC)cc1. The fourth-order valence-corrected chi connectivity index (χ4v) is 6.53. The van der Waals surface area contributed by atoms with Gasteiger partial charge in [0.2, 0.25) is 0 Å². The van der Waals surface area contributed by atoms with Gasteiger partial charge in [-0.3, -0.25) is 0 Å². The van der Waals surface area contributed by atoms with Crippen LogP contribution in [0.4, 0.5) is 9.59 Å². The minimum Gasteiger partial charge on any atom is -0.494 e. The van der Waals surface area contributed by atoms with Crippen molar-refractivity contribution >= 4 is 48.0 Å². The number of amides is 2. The lowest BCUT2D eigenvalue weighted by Gasteiger charge is -2.38. The van der Waals surface area contributed by atoms with Crippen molar-refractivity contribution in [3.05, 3.63) is 132 Å². The van der Waals surface area contributed by atoms with Crippen LogP contribution in [0.15, 0.2) is 110 Å². The van der Waals surface area contributed by atoms with Crippen LogP contribution < -0.4 is 28.4 Å². The molecule has 0 saturated carbocycles. The van der Waals surface area contributed by atoms with E-state index in [0.29, 0.717) is 50.4 Å². The molecule has 71 heavy (non-hydrogen) atoms. The maximum absolute atomic E-state index is 13.4. The van der Waals surface area contributed by atoms with E-state index in [9.17, 15) is 38.4 Å². The van der Waals surface area contributed by atoms with E-state index in [2.05, 4.69) is 13.2 Å². The number of nitrogens with zero attached hydrogens (tertiary/aromatic N) is 2. The van der Waals surface area contributed by atoms with Crippen LogP contribution in [-0.4, -0.2) is 124 Å². The van der Waals surface area contributed by atoms with Gasteiger partial charge in [-0.2, -0.15) is 0 Å². The number of piperazine rings is 1. The maximum atomic E-state index is 13.4. The maximum Gasteiger partial charge on any atom is 0.415 e. The molecule has 374 valence electrons. The molecular formula is C51H52N2O18. The van der Waals surface area contributed by atoms with Crippen LogP contribution in [0.5, 0.6) is 34.5 Å². The summed E-state index contributed by atoms with van der Waals surface area (Å²) in [7, 11) is 2.27. The average Bonchev–Trinajstić information content (AvgIpc) is 3.38. The van der Waals surface area contributed by atoms with Crippen molar-refractivity contribution in [3.63, 3.8) is 0 Å². The van der Waals surface area contributed by atoms with Gasteiger partial charge in [-0.05, 0) is 118 Å². The topological polar surface area (TPSA) is 235 Å². The van der Waals surface area contributed by atoms with E-state index in [0.717, 1.165) is 26.4 Å². The van der Waals surface area contributed by atoms with Crippen LogP contribution in [0, 0.1) is 0 Å². The fraction of sp³-hybridized carbons (Fsp3) is 0.294. The van der Waals surface area contributed by atoms with Gasteiger partial charge in [0.25, 0.3) is 0 Å². The molecule has 2 amide bonds. The van der Waals surface area contributed by atoms with Crippen LogP contribution in [0.25, 0.3) is 0 Å². The fourth-order valence-electron chi connectivity index (χ4n) is 6.53. The molecule has 1 aliphatic heterocycles. The Morgan fingerprint density at radius 3 is 1.34 bits per heavy atom. The van der Waals surface area contributed by atoms with Crippen molar-refractivity contribution < 1.29 is 85.7 Å². The second kappa shape index (κ2) is 26.8. The number of ether oxygens (including phenoxy) is 10. The summed E-state index contributed by atoms with van der Waals surface area (Å²) in [6.45, 7) is 9.60. The van der Waals surface area contributed by atoms with Crippen LogP contribution >= 0.6 is 0 Å². The number of hydrogen-bond acceptors (Lipinski definition) is 18. The standard InChI is InChI=1S/C51H52N2O18/c1-6-44(54)66-28-10-8-26-64-36-16-12-34(13-17-36)46(56)70-42-22-20-38(30-40(42)48(58)62-4)68-50(60)52-24-25-53(33(3)32-52)51(61)69-39-21-23-43(41(31-39)49(59)63-5)71-47(57)35-14-18-37(19-15-35)65-27-9-11-29-67-45(55)7-2/h6-7,12-23,30-31,33H,1-2,8-11,24-29,32H2,3-5H3. The molecular weight excluding hydrogens is 929 g/mol. The van der Waals surface area contributed by atoms with E-state index in [1.54, 1.807) is 31.2 Å². The molecule has 1 atom stereocenters. The summed E-state index contributed by atoms with van der Waals surface area (Å²) in [6, 6.07) is 19.3. The molecule has 0 aliphatic carbocycles. The summed E-state index contributed by atoms with van der Waals surface area (Å²) in [6.07, 6.45) is 3.01. The number of unbranched alkanes of at least 4 members (excludes halogenated alkanes) is 2. The van der Waals surface area contributed by atoms with Crippen LogP contribution in [0.2, 0.25) is 0 Å². The zero-order valence-corrected chi connectivity index (χ0v) is 39.3. The van der Waals surface area contributed by atoms with Gasteiger partial charge in [0, 0.05) is 31.8 Å². The van der Waals surface area contributed by atoms with Crippen LogP contribution in [-0.2, 0) is 28.5 Å². The normalized spacial score (nSPS) is 12.8. The third-order valence-electron chi connectivity index (χ3n) is 10.3. The highest BCUT2D eigenvalue weighted by molar-refractivity contribution is 5.98. The lowest BCUT2D eigenvalue weighted by Crippen LogP contribution is -2.56. The largest absolute Gasteiger partial charge is 0.494 e. The monoisotopic (exact) mass is 980 g/mol. The average molecular weight is 981 g/mol. The molecule has 5 rings (SSSR count). The molecule has 0 N–H and O–H groups in total. The van der Waals surface area contributed by atoms with Crippen molar-refractivity contribution in [1.29, 1.82) is 0 Å². The van der Waals surface area contributed by atoms with Crippen LogP contribution in [0.3, 0.4) is 0 Å². The lowest BCUT2D eigenvalue weighted by atomic mass is 10.1. The summed E-state index contributed by atoms with van der Waals surface area (Å²) >= 11 is 0. The second-order valence-corrected chi connectivity index (χ2v) is 15.2. The predicted octanol–water partition coefficient (Wildman–Crippen LogP) is 7.18. The molecule has 20 heteroatoms. The molecule has 4 aromatic carbocycles. The molecule has 1 heterocycles. The number of hydrogen-bond donors (Lipinski definition) is 0. The number of carbonyl (C=O) groups is 8. The third kappa shape index (κ3) is 15.9. The first-order valence-corrected chi connectivity index (χ1v) is 22.1. The van der Waals surface area contributed by atoms with E-state index in [1.807, 2.05) is 0 Å². The first-order chi connectivity index (χ1) is 34.2. The Balaban J connectivity index is 1.11. The second-order valence-electron chi connectivity index (χ2n) is 15.2. The number of methoxy groups -OCH3 is 2. The van der Waals surface area contributed by atoms with Gasteiger partial charge in [0.15, 0.2) is 0 Å². The third-order valence-corrected chi connectivity index (χ3v) is 10.3. The molecule has 1 unspecified atom stereocenters. The summed E-state index contributed by atoms with van der Waals surface area (Å²) in [4.78, 5) is 103. The molecule has 4 aromatic rings. The van der Waals surface area contributed by atoms with Crippen molar-refractivity contribution in [3.8, 4) is 34.5 Å². The minimum atomic E-state index is -0.868. The number of rotatable bonds is 22. The minimum absolute atomic E-state index is 0.0228. The van der Waals surface area contributed by atoms with Gasteiger partial charge >= 0.3 is 48.0 Å². The predicted molar refractivity (Wildman–Crippen MR) is 250 cm³/mol. The Hall–Kier alpha value is -8.68. The van der Waals surface area contributed by atoms with Gasteiger partial charge in [-0.1, -0.05) is 13.2 Å². The van der Waals surface area contributed by atoms with Gasteiger partial charge in [0.05, 0.1) is 57.8 Å². The Kier molecular flexibility index (Phi) is 20.1. The molecule has 1 saturated heterocycles. The summed E-state index contributed by atoms with van der Waals surface area (Å²) in [5.74, 6) is -3.74. The van der Waals surface area contributed by atoms with Crippen molar-refractivity contribution in [2.75, 3.05) is 60.3 Å². The molecule has 20 nitrogen and oxygen atoms in total. The van der Waals surface area contributed by atoms with Gasteiger partial charge < -0.3 is 57.2 Å². The Labute approximate surface area is 408 Å². The van der Waals surface area contributed by atoms with Crippen molar-refractivity contribution in [1.82, 2.24) is 9.80 Å². The number of esters is 6. The Morgan fingerprint density at radius 2 is 0.930 bits per heavy atom. The van der Waals surface area contributed by atoms with Gasteiger partial charge in [0.1, 0.15) is 45.6 Å². The van der Waals surface area contributed by atoms with E-state index >= 15 is 0 Å². The van der Waals surface area contributed by atoms with Crippen LogP contribution in [0.1, 0.15) is 74.0 Å². The summed E-state index contributed by atoms with van der Waals surface area (Å²) < 4.78 is 53.2. The van der Waals surface area contributed by atoms with E-state index in [1.165, 1.54) is 70.5 Å². The van der Waals surface area contributed by atoms with E-state index < -0.39 is 54.0 Å². The number of benzene rings is 4. The first kappa shape index (κ1) is 53.3. The zero-order valence-electron chi connectivity index (χ0n) is 39.3. The molecule has 1 fully saturated rings. The highest BCUT2D eigenvalue weighted by Crippen LogP contribution is 2.29. The molecule has 0 bridgehead atoms. The smallest absolute Gasteiger partial charge is 0.415 e. The zero-order chi connectivity index (χ0) is 51.3. The van der Waals surface area contributed by atoms with Gasteiger partial charge in [-0.25, -0.2) is 38.4 Å². The summed E-state index contributed by atoms with van der Waals surface area (Å²) in [5.41, 5.74) is -0.0794. The molecule has 0 radical (unpaired) electrons. The Bertz CT molecular complexity index is 2580. The lowest BCUT2D eigenvalue weighted by molar-refractivity contribution is -0.138. The molecule has 0 spiro atoms. The highest BCUT2D eigenvalue weighted by Gasteiger charge is 2.33. The summed E-state index contributed by atoms with van der Waals surface area (Å²) in [5, 5.41) is 0. The van der Waals surface area contributed by atoms with Crippen molar-refractivity contribution in [2.24, 2.45) is 0 Å².